The summed E-state index contributed by atoms with van der Waals surface area (Å²) in [7, 11) is 1.70. The third-order valence-corrected chi connectivity index (χ3v) is 5.22. The Kier molecular flexibility index (Phi) is 4.69. The van der Waals surface area contributed by atoms with Crippen molar-refractivity contribution in [3.8, 4) is 5.75 Å². The molecule has 96 valence electrons. The molecule has 0 aliphatic heterocycles. The van der Waals surface area contributed by atoms with Crippen molar-refractivity contribution in [3.63, 3.8) is 0 Å². The molecular formula is C14H17NOS2. The van der Waals surface area contributed by atoms with Gasteiger partial charge < -0.3 is 10.5 Å². The summed E-state index contributed by atoms with van der Waals surface area (Å²) in [4.78, 5) is 3.79. The highest BCUT2D eigenvalue weighted by Crippen LogP contribution is 2.41. The first-order valence-corrected chi connectivity index (χ1v) is 7.50. The van der Waals surface area contributed by atoms with Gasteiger partial charge in [0.15, 0.2) is 0 Å². The number of hydrogen-bond donors (Lipinski definition) is 1. The molecule has 2 aromatic rings. The third kappa shape index (κ3) is 3.07. The monoisotopic (exact) mass is 279 g/mol. The number of hydrogen-bond acceptors (Lipinski definition) is 4. The largest absolute Gasteiger partial charge is 0.496 e. The molecule has 0 saturated carbocycles. The van der Waals surface area contributed by atoms with Crippen molar-refractivity contribution in [2.24, 2.45) is 5.73 Å². The first kappa shape index (κ1) is 13.5. The second-order valence-corrected chi connectivity index (χ2v) is 6.51. The number of thioether (sulfide) groups is 1. The molecule has 1 aromatic carbocycles. The van der Waals surface area contributed by atoms with Crippen LogP contribution in [0.5, 0.6) is 5.75 Å². The molecule has 0 bridgehead atoms. The van der Waals surface area contributed by atoms with Gasteiger partial charge in [0.05, 0.1) is 17.3 Å². The minimum atomic E-state index is 0.292. The van der Waals surface area contributed by atoms with Gasteiger partial charge in [-0.2, -0.15) is 0 Å². The van der Waals surface area contributed by atoms with E-state index >= 15 is 0 Å². The van der Waals surface area contributed by atoms with E-state index in [1.165, 1.54) is 9.75 Å². The smallest absolute Gasteiger partial charge is 0.132 e. The summed E-state index contributed by atoms with van der Waals surface area (Å²) >= 11 is 3.58. The molecule has 1 atom stereocenters. The van der Waals surface area contributed by atoms with Crippen LogP contribution in [0, 0.1) is 6.92 Å². The Morgan fingerprint density at radius 2 is 2.06 bits per heavy atom. The first-order chi connectivity index (χ1) is 8.74. The maximum atomic E-state index is 5.90. The number of ether oxygens (including phenoxy) is 1. The average Bonchev–Trinajstić information content (AvgIpc) is 2.83. The lowest BCUT2D eigenvalue weighted by molar-refractivity contribution is 0.405. The van der Waals surface area contributed by atoms with Gasteiger partial charge in [0, 0.05) is 16.3 Å². The Bertz CT molecular complexity index is 510. The lowest BCUT2D eigenvalue weighted by atomic mass is 10.3. The molecule has 0 aliphatic rings. The molecule has 1 unspecified atom stereocenters. The number of rotatable bonds is 5. The van der Waals surface area contributed by atoms with E-state index in [9.17, 15) is 0 Å². The summed E-state index contributed by atoms with van der Waals surface area (Å²) in [6, 6.07) is 12.4. The highest BCUT2D eigenvalue weighted by atomic mass is 32.2. The second-order valence-electron chi connectivity index (χ2n) is 3.94. The Hall–Kier alpha value is -0.970. The molecule has 1 heterocycles. The standard InChI is InChI=1S/C14H17NOS2/c1-10-7-8-13(17-10)14(9-15)18-12-6-4-3-5-11(12)16-2/h3-8,14H,9,15H2,1-2H3. The zero-order valence-electron chi connectivity index (χ0n) is 10.6. The number of aryl methyl sites for hydroxylation is 1. The molecule has 0 amide bonds. The van der Waals surface area contributed by atoms with Crippen molar-refractivity contribution in [2.45, 2.75) is 17.1 Å². The molecule has 0 radical (unpaired) electrons. The minimum Gasteiger partial charge on any atom is -0.496 e. The van der Waals surface area contributed by atoms with E-state index < -0.39 is 0 Å². The number of thiophene rings is 1. The summed E-state index contributed by atoms with van der Waals surface area (Å²) in [5, 5.41) is 0.292. The Morgan fingerprint density at radius 3 is 2.67 bits per heavy atom. The highest BCUT2D eigenvalue weighted by molar-refractivity contribution is 7.99. The minimum absolute atomic E-state index is 0.292. The van der Waals surface area contributed by atoms with Crippen molar-refractivity contribution in [3.05, 3.63) is 46.2 Å². The SMILES string of the molecule is COc1ccccc1SC(CN)c1ccc(C)s1. The summed E-state index contributed by atoms with van der Waals surface area (Å²) in [5.74, 6) is 0.911. The maximum absolute atomic E-state index is 5.90. The average molecular weight is 279 g/mol. The second kappa shape index (κ2) is 6.27. The Morgan fingerprint density at radius 1 is 1.28 bits per heavy atom. The van der Waals surface area contributed by atoms with Crippen LogP contribution in [0.3, 0.4) is 0 Å². The van der Waals surface area contributed by atoms with Gasteiger partial charge in [-0.15, -0.1) is 23.1 Å². The number of para-hydroxylation sites is 1. The van der Waals surface area contributed by atoms with Crippen LogP contribution in [0.2, 0.25) is 0 Å². The summed E-state index contributed by atoms with van der Waals surface area (Å²) < 4.78 is 5.37. The molecule has 0 saturated heterocycles. The summed E-state index contributed by atoms with van der Waals surface area (Å²) in [5.41, 5.74) is 5.90. The predicted molar refractivity (Wildman–Crippen MR) is 79.7 cm³/mol. The Labute approximate surface area is 116 Å². The molecule has 4 heteroatoms. The number of benzene rings is 1. The van der Waals surface area contributed by atoms with E-state index in [1.54, 1.807) is 18.9 Å². The molecule has 0 fully saturated rings. The van der Waals surface area contributed by atoms with E-state index in [4.69, 9.17) is 10.5 Å². The zero-order valence-corrected chi connectivity index (χ0v) is 12.2. The third-order valence-electron chi connectivity index (χ3n) is 2.63. The van der Waals surface area contributed by atoms with Crippen molar-refractivity contribution in [2.75, 3.05) is 13.7 Å². The molecule has 2 N–H and O–H groups in total. The molecular weight excluding hydrogens is 262 g/mol. The van der Waals surface area contributed by atoms with Gasteiger partial charge >= 0.3 is 0 Å². The van der Waals surface area contributed by atoms with Gasteiger partial charge in [-0.25, -0.2) is 0 Å². The van der Waals surface area contributed by atoms with Gasteiger partial charge in [0.2, 0.25) is 0 Å². The predicted octanol–water partition coefficient (Wildman–Crippen LogP) is 3.86. The molecule has 0 spiro atoms. The van der Waals surface area contributed by atoms with Gasteiger partial charge in [-0.3, -0.25) is 0 Å². The van der Waals surface area contributed by atoms with Crippen LogP contribution >= 0.6 is 23.1 Å². The van der Waals surface area contributed by atoms with Crippen LogP contribution in [0.15, 0.2) is 41.3 Å². The van der Waals surface area contributed by atoms with E-state index in [0.717, 1.165) is 10.6 Å². The van der Waals surface area contributed by atoms with Crippen molar-refractivity contribution in [1.82, 2.24) is 0 Å². The molecule has 0 aliphatic carbocycles. The van der Waals surface area contributed by atoms with Crippen LogP contribution in [0.4, 0.5) is 0 Å². The molecule has 1 aromatic heterocycles. The van der Waals surface area contributed by atoms with Crippen molar-refractivity contribution in [1.29, 1.82) is 0 Å². The quantitative estimate of drug-likeness (QED) is 0.844. The zero-order chi connectivity index (χ0) is 13.0. The van der Waals surface area contributed by atoms with Gasteiger partial charge in [-0.1, -0.05) is 12.1 Å². The maximum Gasteiger partial charge on any atom is 0.132 e. The van der Waals surface area contributed by atoms with Gasteiger partial charge in [0.25, 0.3) is 0 Å². The fourth-order valence-corrected chi connectivity index (χ4v) is 3.90. The number of nitrogens with two attached hydrogens (primary N) is 1. The van der Waals surface area contributed by atoms with E-state index in [1.807, 2.05) is 29.5 Å². The van der Waals surface area contributed by atoms with Crippen molar-refractivity contribution < 1.29 is 4.74 Å². The lowest BCUT2D eigenvalue weighted by Crippen LogP contribution is -2.08. The lowest BCUT2D eigenvalue weighted by Gasteiger charge is -2.14. The molecule has 2 nitrogen and oxygen atoms in total. The number of methoxy groups -OCH3 is 1. The normalized spacial score (nSPS) is 12.4. The van der Waals surface area contributed by atoms with Crippen molar-refractivity contribution >= 4 is 23.1 Å². The van der Waals surface area contributed by atoms with Crippen LogP contribution in [0.25, 0.3) is 0 Å². The Balaban J connectivity index is 2.20. The van der Waals surface area contributed by atoms with E-state index in [2.05, 4.69) is 25.1 Å². The summed E-state index contributed by atoms with van der Waals surface area (Å²) in [6.07, 6.45) is 0. The van der Waals surface area contributed by atoms with Gasteiger partial charge in [0.1, 0.15) is 5.75 Å². The first-order valence-electron chi connectivity index (χ1n) is 5.80. The molecule has 18 heavy (non-hydrogen) atoms. The van der Waals surface area contributed by atoms with Crippen LogP contribution < -0.4 is 10.5 Å². The van der Waals surface area contributed by atoms with E-state index in [-0.39, 0.29) is 0 Å². The van der Waals surface area contributed by atoms with Crippen LogP contribution in [0.1, 0.15) is 15.0 Å². The van der Waals surface area contributed by atoms with Crippen LogP contribution in [-0.4, -0.2) is 13.7 Å². The fourth-order valence-electron chi connectivity index (χ4n) is 1.72. The fraction of sp³-hybridized carbons (Fsp3) is 0.286. The summed E-state index contributed by atoms with van der Waals surface area (Å²) in [6.45, 7) is 2.75. The topological polar surface area (TPSA) is 35.2 Å². The van der Waals surface area contributed by atoms with Crippen LogP contribution in [-0.2, 0) is 0 Å². The highest BCUT2D eigenvalue weighted by Gasteiger charge is 2.15. The van der Waals surface area contributed by atoms with Gasteiger partial charge in [-0.05, 0) is 31.2 Å². The molecule has 2 rings (SSSR count). The van der Waals surface area contributed by atoms with E-state index in [0.29, 0.717) is 11.8 Å².